The van der Waals surface area contributed by atoms with Crippen molar-refractivity contribution in [2.45, 2.75) is 6.61 Å². The molecule has 0 aliphatic heterocycles. The second-order valence-electron chi connectivity index (χ2n) is 2.65. The summed E-state index contributed by atoms with van der Waals surface area (Å²) in [6.07, 6.45) is 3.96. The van der Waals surface area contributed by atoms with Crippen molar-refractivity contribution in [3.05, 3.63) is 48.0 Å². The molecule has 0 radical (unpaired) electrons. The highest BCUT2D eigenvalue weighted by Gasteiger charge is 1.88. The zero-order valence-electron chi connectivity index (χ0n) is 7.52. The van der Waals surface area contributed by atoms with Crippen LogP contribution in [0.4, 0.5) is 0 Å². The molecule has 0 aliphatic rings. The monoisotopic (exact) mass is 194 g/mol. The van der Waals surface area contributed by atoms with Gasteiger partial charge in [-0.1, -0.05) is 42.5 Å². The van der Waals surface area contributed by atoms with Crippen LogP contribution in [0.5, 0.6) is 0 Å². The molecule has 0 unspecified atom stereocenters. The van der Waals surface area contributed by atoms with Crippen LogP contribution < -0.4 is 0 Å². The Labute approximate surface area is 84.8 Å². The maximum Gasteiger partial charge on any atom is 0.0721 e. The van der Waals surface area contributed by atoms with Gasteiger partial charge in [0.05, 0.1) is 13.2 Å². The highest BCUT2D eigenvalue weighted by atomic mass is 32.1. The molecular weight excluding hydrogens is 180 g/mol. The third-order valence-corrected chi connectivity index (χ3v) is 1.81. The minimum Gasteiger partial charge on any atom is -0.373 e. The normalized spacial score (nSPS) is 10.8. The molecule has 2 heteroatoms. The van der Waals surface area contributed by atoms with Gasteiger partial charge in [0.1, 0.15) is 0 Å². The van der Waals surface area contributed by atoms with Crippen LogP contribution in [-0.2, 0) is 11.3 Å². The Morgan fingerprint density at radius 3 is 2.62 bits per heavy atom. The van der Waals surface area contributed by atoms with Crippen LogP contribution >= 0.6 is 12.6 Å². The van der Waals surface area contributed by atoms with Gasteiger partial charge in [-0.05, 0) is 5.56 Å². The zero-order chi connectivity index (χ0) is 9.36. The molecule has 0 spiro atoms. The quantitative estimate of drug-likeness (QED) is 0.431. The molecule has 0 aliphatic carbocycles. The lowest BCUT2D eigenvalue weighted by Crippen LogP contribution is -1.91. The fraction of sp³-hybridized carbons (Fsp3) is 0.273. The maximum atomic E-state index is 5.40. The lowest BCUT2D eigenvalue weighted by Gasteiger charge is -2.00. The first-order chi connectivity index (χ1) is 6.43. The Morgan fingerprint density at radius 1 is 1.15 bits per heavy atom. The molecule has 1 nitrogen and oxygen atoms in total. The van der Waals surface area contributed by atoms with E-state index in [1.807, 2.05) is 30.4 Å². The van der Waals surface area contributed by atoms with Crippen LogP contribution in [-0.4, -0.2) is 12.4 Å². The molecule has 0 heterocycles. The predicted molar refractivity (Wildman–Crippen MR) is 59.1 cm³/mol. The summed E-state index contributed by atoms with van der Waals surface area (Å²) in [5, 5.41) is 0. The van der Waals surface area contributed by atoms with E-state index in [4.69, 9.17) is 4.74 Å². The van der Waals surface area contributed by atoms with Crippen LogP contribution in [0.25, 0.3) is 0 Å². The van der Waals surface area contributed by atoms with Crippen LogP contribution in [0.15, 0.2) is 42.5 Å². The summed E-state index contributed by atoms with van der Waals surface area (Å²) in [4.78, 5) is 0. The van der Waals surface area contributed by atoms with Gasteiger partial charge in [-0.3, -0.25) is 0 Å². The Hall–Kier alpha value is -0.730. The van der Waals surface area contributed by atoms with Gasteiger partial charge in [-0.15, -0.1) is 0 Å². The van der Waals surface area contributed by atoms with Crippen LogP contribution in [0.3, 0.4) is 0 Å². The number of thiol groups is 1. The van der Waals surface area contributed by atoms with E-state index in [1.54, 1.807) is 0 Å². The molecule has 1 rings (SSSR count). The number of ether oxygens (including phenoxy) is 1. The van der Waals surface area contributed by atoms with E-state index in [1.165, 1.54) is 5.56 Å². The van der Waals surface area contributed by atoms with E-state index in [0.717, 1.165) is 5.75 Å². The number of benzene rings is 1. The highest BCUT2D eigenvalue weighted by Crippen LogP contribution is 1.99. The Morgan fingerprint density at radius 2 is 1.92 bits per heavy atom. The van der Waals surface area contributed by atoms with Gasteiger partial charge in [0.15, 0.2) is 0 Å². The smallest absolute Gasteiger partial charge is 0.0721 e. The first kappa shape index (κ1) is 10.4. The van der Waals surface area contributed by atoms with Gasteiger partial charge in [-0.2, -0.15) is 12.6 Å². The molecule has 0 atom stereocenters. The minimum absolute atomic E-state index is 0.662. The number of rotatable bonds is 5. The van der Waals surface area contributed by atoms with Crippen LogP contribution in [0.2, 0.25) is 0 Å². The fourth-order valence-electron chi connectivity index (χ4n) is 0.962. The van der Waals surface area contributed by atoms with E-state index < -0.39 is 0 Å². The number of hydrogen-bond donors (Lipinski definition) is 1. The zero-order valence-corrected chi connectivity index (χ0v) is 8.41. The molecule has 0 bridgehead atoms. The van der Waals surface area contributed by atoms with Crippen molar-refractivity contribution in [2.24, 2.45) is 0 Å². The molecule has 1 aromatic rings. The van der Waals surface area contributed by atoms with Crippen LogP contribution in [0, 0.1) is 0 Å². The molecule has 0 fully saturated rings. The van der Waals surface area contributed by atoms with Gasteiger partial charge in [0.2, 0.25) is 0 Å². The summed E-state index contributed by atoms with van der Waals surface area (Å²) in [6, 6.07) is 10.2. The van der Waals surface area contributed by atoms with Gasteiger partial charge in [-0.25, -0.2) is 0 Å². The molecular formula is C11H14OS. The van der Waals surface area contributed by atoms with Crippen molar-refractivity contribution in [3.63, 3.8) is 0 Å². The van der Waals surface area contributed by atoms with Gasteiger partial charge >= 0.3 is 0 Å². The molecule has 70 valence electrons. The highest BCUT2D eigenvalue weighted by molar-refractivity contribution is 7.80. The molecule has 0 amide bonds. The van der Waals surface area contributed by atoms with Crippen molar-refractivity contribution < 1.29 is 4.74 Å². The maximum absolute atomic E-state index is 5.40. The summed E-state index contributed by atoms with van der Waals surface area (Å²) in [5.41, 5.74) is 1.21. The summed E-state index contributed by atoms with van der Waals surface area (Å²) < 4.78 is 5.40. The summed E-state index contributed by atoms with van der Waals surface area (Å²) in [5.74, 6) is 0.773. The van der Waals surface area contributed by atoms with Crippen molar-refractivity contribution in [1.82, 2.24) is 0 Å². The topological polar surface area (TPSA) is 9.23 Å². The molecule has 1 aromatic carbocycles. The third-order valence-electron chi connectivity index (χ3n) is 1.60. The fourth-order valence-corrected chi connectivity index (χ4v) is 1.11. The molecule has 13 heavy (non-hydrogen) atoms. The van der Waals surface area contributed by atoms with Gasteiger partial charge in [0.25, 0.3) is 0 Å². The first-order valence-electron chi connectivity index (χ1n) is 4.31. The van der Waals surface area contributed by atoms with Crippen molar-refractivity contribution >= 4 is 12.6 Å². The average Bonchev–Trinajstić information content (AvgIpc) is 2.19. The third kappa shape index (κ3) is 4.76. The van der Waals surface area contributed by atoms with Gasteiger partial charge < -0.3 is 4.74 Å². The van der Waals surface area contributed by atoms with E-state index in [9.17, 15) is 0 Å². The summed E-state index contributed by atoms with van der Waals surface area (Å²) >= 11 is 4.05. The minimum atomic E-state index is 0.662. The Kier molecular flexibility index (Phi) is 5.38. The van der Waals surface area contributed by atoms with E-state index >= 15 is 0 Å². The van der Waals surface area contributed by atoms with Gasteiger partial charge in [0, 0.05) is 5.75 Å². The van der Waals surface area contributed by atoms with Crippen molar-refractivity contribution in [1.29, 1.82) is 0 Å². The second-order valence-corrected chi connectivity index (χ2v) is 3.02. The molecule has 0 saturated heterocycles. The lowest BCUT2D eigenvalue weighted by atomic mass is 10.2. The lowest BCUT2D eigenvalue weighted by molar-refractivity contribution is 0.148. The van der Waals surface area contributed by atoms with Crippen molar-refractivity contribution in [2.75, 3.05) is 12.4 Å². The van der Waals surface area contributed by atoms with E-state index in [0.29, 0.717) is 13.2 Å². The first-order valence-corrected chi connectivity index (χ1v) is 4.94. The number of hydrogen-bond acceptors (Lipinski definition) is 2. The van der Waals surface area contributed by atoms with E-state index in [2.05, 4.69) is 24.8 Å². The summed E-state index contributed by atoms with van der Waals surface area (Å²) in [6.45, 7) is 1.34. The molecule has 0 N–H and O–H groups in total. The SMILES string of the molecule is SCC=CCOCc1ccccc1. The Balaban J connectivity index is 2.17. The summed E-state index contributed by atoms with van der Waals surface area (Å²) in [7, 11) is 0. The van der Waals surface area contributed by atoms with E-state index in [-0.39, 0.29) is 0 Å². The molecule has 0 aromatic heterocycles. The Bertz CT molecular complexity index is 244. The average molecular weight is 194 g/mol. The molecule has 0 saturated carbocycles. The standard InChI is InChI=1S/C11H14OS/c13-9-5-4-8-12-10-11-6-2-1-3-7-11/h1-7,13H,8-10H2. The predicted octanol–water partition coefficient (Wildman–Crippen LogP) is 2.69. The second kappa shape index (κ2) is 6.75. The van der Waals surface area contributed by atoms with Crippen LogP contribution in [0.1, 0.15) is 5.56 Å². The largest absolute Gasteiger partial charge is 0.373 e. The van der Waals surface area contributed by atoms with Crippen molar-refractivity contribution in [3.8, 4) is 0 Å².